The van der Waals surface area contributed by atoms with E-state index in [0.29, 0.717) is 0 Å². The van der Waals surface area contributed by atoms with Crippen molar-refractivity contribution in [3.63, 3.8) is 0 Å². The van der Waals surface area contributed by atoms with Crippen molar-refractivity contribution >= 4 is 27.6 Å². The van der Waals surface area contributed by atoms with Crippen LogP contribution in [0.15, 0.2) is 28.7 Å². The summed E-state index contributed by atoms with van der Waals surface area (Å²) in [6.45, 7) is 1.08. The third-order valence-corrected chi connectivity index (χ3v) is 1.40. The number of aliphatic carboxylic acids is 1. The summed E-state index contributed by atoms with van der Waals surface area (Å²) in [7, 11) is 0. The van der Waals surface area contributed by atoms with Crippen molar-refractivity contribution in [3.05, 3.63) is 28.7 Å². The molecule has 0 aromatic heterocycles. The number of rotatable bonds is 0. The fourth-order valence-corrected chi connectivity index (χ4v) is 0.727. The van der Waals surface area contributed by atoms with Gasteiger partial charge in [0.2, 0.25) is 0 Å². The molecule has 0 amide bonds. The van der Waals surface area contributed by atoms with E-state index in [9.17, 15) is 0 Å². The van der Waals surface area contributed by atoms with Gasteiger partial charge in [0.05, 0.1) is 0 Å². The number of halogens is 1. The van der Waals surface area contributed by atoms with Gasteiger partial charge in [-0.25, -0.2) is 0 Å². The number of carbonyl (C=O) groups is 1. The van der Waals surface area contributed by atoms with Crippen LogP contribution in [0.1, 0.15) is 6.92 Å². The van der Waals surface area contributed by atoms with Crippen LogP contribution in [-0.4, -0.2) is 11.1 Å². The number of carboxylic acid groups (broad SMARTS) is 1. The van der Waals surface area contributed by atoms with Crippen molar-refractivity contribution in [2.24, 2.45) is 0 Å². The fourth-order valence-electron chi connectivity index (χ4n) is 0.463. The van der Waals surface area contributed by atoms with E-state index in [4.69, 9.17) is 15.6 Å². The topological polar surface area (TPSA) is 63.3 Å². The van der Waals surface area contributed by atoms with Gasteiger partial charge in [0, 0.05) is 17.1 Å². The summed E-state index contributed by atoms with van der Waals surface area (Å²) in [6, 6.07) is 7.53. The Kier molecular flexibility index (Phi) is 5.12. The van der Waals surface area contributed by atoms with E-state index in [1.807, 2.05) is 24.3 Å². The molecule has 0 aliphatic carbocycles. The summed E-state index contributed by atoms with van der Waals surface area (Å²) in [5.74, 6) is -0.833. The first-order valence-electron chi connectivity index (χ1n) is 3.23. The molecule has 66 valence electrons. The van der Waals surface area contributed by atoms with Crippen molar-refractivity contribution in [2.45, 2.75) is 6.92 Å². The van der Waals surface area contributed by atoms with Crippen LogP contribution in [0, 0.1) is 0 Å². The summed E-state index contributed by atoms with van der Waals surface area (Å²) in [5.41, 5.74) is 6.21. The second kappa shape index (κ2) is 5.60. The molecule has 0 radical (unpaired) electrons. The van der Waals surface area contributed by atoms with E-state index in [2.05, 4.69) is 15.9 Å². The first-order chi connectivity index (χ1) is 5.52. The normalized spacial score (nSPS) is 8.17. The largest absolute Gasteiger partial charge is 0.481 e. The minimum Gasteiger partial charge on any atom is -0.481 e. The zero-order valence-electron chi connectivity index (χ0n) is 6.62. The minimum absolute atomic E-state index is 0.799. The molecular weight excluding hydrogens is 222 g/mol. The van der Waals surface area contributed by atoms with Crippen LogP contribution in [0.25, 0.3) is 0 Å². The lowest BCUT2D eigenvalue weighted by molar-refractivity contribution is -0.134. The van der Waals surface area contributed by atoms with E-state index in [1.54, 1.807) is 0 Å². The predicted molar refractivity (Wildman–Crippen MR) is 51.9 cm³/mol. The Balaban J connectivity index is 0.000000261. The van der Waals surface area contributed by atoms with E-state index in [0.717, 1.165) is 17.1 Å². The fraction of sp³-hybridized carbons (Fsp3) is 0.125. The zero-order valence-corrected chi connectivity index (χ0v) is 8.21. The molecule has 12 heavy (non-hydrogen) atoms. The lowest BCUT2D eigenvalue weighted by Crippen LogP contribution is -1.80. The number of anilines is 1. The Morgan fingerprint density at radius 3 is 2.00 bits per heavy atom. The summed E-state index contributed by atoms with van der Waals surface area (Å²) in [5, 5.41) is 7.42. The van der Waals surface area contributed by atoms with Crippen LogP contribution in [0.4, 0.5) is 5.69 Å². The van der Waals surface area contributed by atoms with Gasteiger partial charge in [0.1, 0.15) is 0 Å². The summed E-state index contributed by atoms with van der Waals surface area (Å²) in [6.07, 6.45) is 0. The SMILES string of the molecule is CC(=O)O.Nc1ccc(Br)cc1. The van der Waals surface area contributed by atoms with E-state index in [1.165, 1.54) is 0 Å². The third kappa shape index (κ3) is 7.08. The van der Waals surface area contributed by atoms with Crippen molar-refractivity contribution < 1.29 is 9.90 Å². The molecule has 1 rings (SSSR count). The van der Waals surface area contributed by atoms with Crippen molar-refractivity contribution in [2.75, 3.05) is 5.73 Å². The molecule has 0 heterocycles. The van der Waals surface area contributed by atoms with Gasteiger partial charge in [-0.3, -0.25) is 4.79 Å². The quantitative estimate of drug-likeness (QED) is 0.673. The smallest absolute Gasteiger partial charge is 0.300 e. The molecule has 0 fully saturated rings. The molecule has 0 unspecified atom stereocenters. The minimum atomic E-state index is -0.833. The molecule has 3 nitrogen and oxygen atoms in total. The third-order valence-electron chi connectivity index (χ3n) is 0.870. The standard InChI is InChI=1S/C6H6BrN.C2H4O2/c7-5-1-3-6(8)4-2-5;1-2(3)4/h1-4H,8H2;1H3,(H,3,4). The second-order valence-corrected chi connectivity index (χ2v) is 2.99. The molecule has 4 heteroatoms. The summed E-state index contributed by atoms with van der Waals surface area (Å²) in [4.78, 5) is 9.00. The number of hydrogen-bond acceptors (Lipinski definition) is 2. The van der Waals surface area contributed by atoms with Crippen molar-refractivity contribution in [1.29, 1.82) is 0 Å². The van der Waals surface area contributed by atoms with E-state index in [-0.39, 0.29) is 0 Å². The average molecular weight is 232 g/mol. The van der Waals surface area contributed by atoms with Crippen LogP contribution in [-0.2, 0) is 4.79 Å². The molecule has 0 aliphatic heterocycles. The summed E-state index contributed by atoms with van der Waals surface area (Å²) >= 11 is 3.29. The van der Waals surface area contributed by atoms with E-state index < -0.39 is 5.97 Å². The highest BCUT2D eigenvalue weighted by molar-refractivity contribution is 9.10. The molecule has 3 N–H and O–H groups in total. The molecule has 1 aromatic rings. The lowest BCUT2D eigenvalue weighted by atomic mass is 10.3. The van der Waals surface area contributed by atoms with Crippen molar-refractivity contribution in [1.82, 2.24) is 0 Å². The maximum absolute atomic E-state index is 9.00. The highest BCUT2D eigenvalue weighted by atomic mass is 79.9. The molecular formula is C8H10BrNO2. The Morgan fingerprint density at radius 2 is 1.75 bits per heavy atom. The number of nitrogens with two attached hydrogens (primary N) is 1. The molecule has 0 spiro atoms. The van der Waals surface area contributed by atoms with Crippen LogP contribution in [0.2, 0.25) is 0 Å². The maximum atomic E-state index is 9.00. The molecule has 0 aliphatic rings. The van der Waals surface area contributed by atoms with Gasteiger partial charge in [-0.15, -0.1) is 0 Å². The van der Waals surface area contributed by atoms with Gasteiger partial charge in [-0.2, -0.15) is 0 Å². The Bertz CT molecular complexity index is 221. The Morgan fingerprint density at radius 1 is 1.42 bits per heavy atom. The Labute approximate surface area is 79.3 Å². The number of nitrogen functional groups attached to an aromatic ring is 1. The van der Waals surface area contributed by atoms with Gasteiger partial charge in [0.25, 0.3) is 5.97 Å². The Hall–Kier alpha value is -1.03. The first-order valence-corrected chi connectivity index (χ1v) is 4.02. The molecule has 0 atom stereocenters. The van der Waals surface area contributed by atoms with Gasteiger partial charge >= 0.3 is 0 Å². The molecule has 1 aromatic carbocycles. The molecule has 0 bridgehead atoms. The number of hydrogen-bond donors (Lipinski definition) is 2. The highest BCUT2D eigenvalue weighted by Crippen LogP contribution is 2.10. The second-order valence-electron chi connectivity index (χ2n) is 2.07. The van der Waals surface area contributed by atoms with Crippen LogP contribution < -0.4 is 5.73 Å². The first kappa shape index (κ1) is 11.0. The van der Waals surface area contributed by atoms with Gasteiger partial charge < -0.3 is 10.8 Å². The van der Waals surface area contributed by atoms with Gasteiger partial charge in [-0.05, 0) is 24.3 Å². The lowest BCUT2D eigenvalue weighted by Gasteiger charge is -1.88. The molecule has 0 saturated heterocycles. The highest BCUT2D eigenvalue weighted by Gasteiger charge is 1.81. The van der Waals surface area contributed by atoms with Crippen LogP contribution in [0.5, 0.6) is 0 Å². The monoisotopic (exact) mass is 231 g/mol. The van der Waals surface area contributed by atoms with Gasteiger partial charge in [0.15, 0.2) is 0 Å². The maximum Gasteiger partial charge on any atom is 0.300 e. The summed E-state index contributed by atoms with van der Waals surface area (Å²) < 4.78 is 1.06. The molecule has 0 saturated carbocycles. The van der Waals surface area contributed by atoms with Crippen LogP contribution >= 0.6 is 15.9 Å². The number of carboxylic acids is 1. The van der Waals surface area contributed by atoms with E-state index >= 15 is 0 Å². The predicted octanol–water partition coefficient (Wildman–Crippen LogP) is 2.12. The van der Waals surface area contributed by atoms with Gasteiger partial charge in [-0.1, -0.05) is 15.9 Å². The van der Waals surface area contributed by atoms with Crippen LogP contribution in [0.3, 0.4) is 0 Å². The van der Waals surface area contributed by atoms with Crippen molar-refractivity contribution in [3.8, 4) is 0 Å². The number of benzene rings is 1. The zero-order chi connectivity index (χ0) is 9.56. The average Bonchev–Trinajstić information content (AvgIpc) is 1.94.